The predicted molar refractivity (Wildman–Crippen MR) is 82.1 cm³/mol. The molecule has 0 aliphatic carbocycles. The van der Waals surface area contributed by atoms with E-state index < -0.39 is 5.92 Å². The van der Waals surface area contributed by atoms with Crippen LogP contribution in [0.25, 0.3) is 21.7 Å². The molecule has 3 aromatic rings. The van der Waals surface area contributed by atoms with Crippen LogP contribution in [0, 0.1) is 0 Å². The molecule has 1 atom stereocenters. The van der Waals surface area contributed by atoms with Crippen molar-refractivity contribution >= 4 is 27.6 Å². The zero-order chi connectivity index (χ0) is 14.8. The van der Waals surface area contributed by atoms with Gasteiger partial charge in [0.05, 0.1) is 23.7 Å². The molecule has 21 heavy (non-hydrogen) atoms. The zero-order valence-electron chi connectivity index (χ0n) is 12.0. The molecule has 0 aliphatic rings. The van der Waals surface area contributed by atoms with E-state index in [0.717, 1.165) is 27.4 Å². The summed E-state index contributed by atoms with van der Waals surface area (Å²) in [6.07, 6.45) is 3.52. The predicted octanol–water partition coefficient (Wildman–Crippen LogP) is 3.45. The van der Waals surface area contributed by atoms with Crippen molar-refractivity contribution in [3.05, 3.63) is 48.4 Å². The Morgan fingerprint density at radius 1 is 1.19 bits per heavy atom. The summed E-state index contributed by atoms with van der Waals surface area (Å²) in [7, 11) is 0. The summed E-state index contributed by atoms with van der Waals surface area (Å²) in [5, 5.41) is 3.02. The topological polar surface area (TPSA) is 52.1 Å². The summed E-state index contributed by atoms with van der Waals surface area (Å²) >= 11 is 0. The van der Waals surface area contributed by atoms with E-state index >= 15 is 0 Å². The quantitative estimate of drug-likeness (QED) is 0.544. The highest BCUT2D eigenvalue weighted by atomic mass is 16.5. The van der Waals surface area contributed by atoms with Crippen LogP contribution in [0.2, 0.25) is 0 Å². The Labute approximate surface area is 122 Å². The number of nitrogens with zero attached hydrogens (tertiary/aromatic N) is 2. The first-order chi connectivity index (χ1) is 10.2. The van der Waals surface area contributed by atoms with Crippen LogP contribution >= 0.6 is 0 Å². The number of hydrogen-bond donors (Lipinski definition) is 0. The van der Waals surface area contributed by atoms with Crippen molar-refractivity contribution in [3.63, 3.8) is 0 Å². The van der Waals surface area contributed by atoms with E-state index in [4.69, 9.17) is 4.74 Å². The van der Waals surface area contributed by atoms with E-state index in [9.17, 15) is 4.79 Å². The highest BCUT2D eigenvalue weighted by Crippen LogP contribution is 2.30. The standard InChI is InChI=1S/C17H16N2O2/c1-3-21-17(20)11(2)16-13-7-5-4-6-12(13)14-10-18-9-8-15(14)19-16/h4-11H,3H2,1-2H3/t11-/m0/s1. The number of hydrogen-bond acceptors (Lipinski definition) is 4. The first-order valence-electron chi connectivity index (χ1n) is 7.01. The van der Waals surface area contributed by atoms with Gasteiger partial charge in [-0.05, 0) is 25.3 Å². The van der Waals surface area contributed by atoms with Gasteiger partial charge in [-0.15, -0.1) is 0 Å². The van der Waals surface area contributed by atoms with Crippen LogP contribution in [-0.4, -0.2) is 22.5 Å². The normalized spacial score (nSPS) is 12.5. The fourth-order valence-electron chi connectivity index (χ4n) is 2.53. The maximum absolute atomic E-state index is 12.0. The van der Waals surface area contributed by atoms with Crippen LogP contribution in [0.3, 0.4) is 0 Å². The lowest BCUT2D eigenvalue weighted by atomic mass is 9.98. The Morgan fingerprint density at radius 3 is 2.71 bits per heavy atom. The van der Waals surface area contributed by atoms with Gasteiger partial charge in [0.25, 0.3) is 0 Å². The zero-order valence-corrected chi connectivity index (χ0v) is 12.0. The minimum atomic E-state index is -0.396. The number of pyridine rings is 2. The van der Waals surface area contributed by atoms with Crippen LogP contribution in [0.4, 0.5) is 0 Å². The molecule has 0 fully saturated rings. The molecule has 106 valence electrons. The van der Waals surface area contributed by atoms with E-state index in [2.05, 4.69) is 9.97 Å². The fourth-order valence-corrected chi connectivity index (χ4v) is 2.53. The highest BCUT2D eigenvalue weighted by molar-refractivity contribution is 6.07. The van der Waals surface area contributed by atoms with Crippen LogP contribution in [0.1, 0.15) is 25.5 Å². The lowest BCUT2D eigenvalue weighted by Gasteiger charge is -2.14. The Morgan fingerprint density at radius 2 is 1.95 bits per heavy atom. The van der Waals surface area contributed by atoms with E-state index in [-0.39, 0.29) is 5.97 Å². The largest absolute Gasteiger partial charge is 0.465 e. The summed E-state index contributed by atoms with van der Waals surface area (Å²) in [5.41, 5.74) is 1.59. The Kier molecular flexibility index (Phi) is 3.52. The van der Waals surface area contributed by atoms with Crippen LogP contribution in [0.15, 0.2) is 42.7 Å². The van der Waals surface area contributed by atoms with Crippen molar-refractivity contribution in [2.24, 2.45) is 0 Å². The second-order valence-electron chi connectivity index (χ2n) is 4.91. The first-order valence-corrected chi connectivity index (χ1v) is 7.01. The molecule has 4 heteroatoms. The molecule has 0 unspecified atom stereocenters. The fraction of sp³-hybridized carbons (Fsp3) is 0.235. The van der Waals surface area contributed by atoms with E-state index in [1.165, 1.54) is 0 Å². The smallest absolute Gasteiger partial charge is 0.314 e. The van der Waals surface area contributed by atoms with Gasteiger partial charge in [0, 0.05) is 23.2 Å². The number of fused-ring (bicyclic) bond motifs is 3. The summed E-state index contributed by atoms with van der Waals surface area (Å²) in [6, 6.07) is 9.81. The second kappa shape index (κ2) is 5.48. The molecule has 0 amide bonds. The molecule has 0 saturated heterocycles. The molecular formula is C17H16N2O2. The molecule has 2 heterocycles. The minimum Gasteiger partial charge on any atom is -0.465 e. The van der Waals surface area contributed by atoms with Gasteiger partial charge in [0.2, 0.25) is 0 Å². The number of ether oxygens (including phenoxy) is 1. The van der Waals surface area contributed by atoms with Gasteiger partial charge in [0.15, 0.2) is 0 Å². The van der Waals surface area contributed by atoms with E-state index in [1.54, 1.807) is 6.20 Å². The van der Waals surface area contributed by atoms with Crippen molar-refractivity contribution in [1.29, 1.82) is 0 Å². The first kappa shape index (κ1) is 13.5. The molecular weight excluding hydrogens is 264 g/mol. The number of esters is 1. The number of rotatable bonds is 3. The van der Waals surface area contributed by atoms with E-state index in [0.29, 0.717) is 6.61 Å². The van der Waals surface area contributed by atoms with Crippen LogP contribution in [-0.2, 0) is 9.53 Å². The van der Waals surface area contributed by atoms with Gasteiger partial charge in [-0.1, -0.05) is 24.3 Å². The van der Waals surface area contributed by atoms with Gasteiger partial charge in [-0.3, -0.25) is 14.8 Å². The number of carbonyl (C=O) groups is 1. The number of carbonyl (C=O) groups excluding carboxylic acids is 1. The van der Waals surface area contributed by atoms with Gasteiger partial charge < -0.3 is 4.74 Å². The van der Waals surface area contributed by atoms with Crippen molar-refractivity contribution in [2.45, 2.75) is 19.8 Å². The molecule has 1 aromatic carbocycles. The van der Waals surface area contributed by atoms with Gasteiger partial charge in [-0.2, -0.15) is 0 Å². The maximum atomic E-state index is 12.0. The monoisotopic (exact) mass is 280 g/mol. The summed E-state index contributed by atoms with van der Waals surface area (Å²) < 4.78 is 5.13. The lowest BCUT2D eigenvalue weighted by molar-refractivity contribution is -0.144. The van der Waals surface area contributed by atoms with Crippen molar-refractivity contribution < 1.29 is 9.53 Å². The third-order valence-electron chi connectivity index (χ3n) is 3.58. The third-order valence-corrected chi connectivity index (χ3v) is 3.58. The molecule has 0 N–H and O–H groups in total. The van der Waals surface area contributed by atoms with Crippen molar-refractivity contribution in [2.75, 3.05) is 6.61 Å². The van der Waals surface area contributed by atoms with Gasteiger partial charge in [0.1, 0.15) is 0 Å². The maximum Gasteiger partial charge on any atom is 0.314 e. The molecule has 0 bridgehead atoms. The molecule has 0 saturated carbocycles. The Balaban J connectivity index is 2.27. The number of benzene rings is 1. The molecule has 0 radical (unpaired) electrons. The van der Waals surface area contributed by atoms with Crippen molar-refractivity contribution in [3.8, 4) is 0 Å². The second-order valence-corrected chi connectivity index (χ2v) is 4.91. The van der Waals surface area contributed by atoms with E-state index in [1.807, 2.05) is 50.4 Å². The molecule has 4 nitrogen and oxygen atoms in total. The molecule has 2 aromatic heterocycles. The number of aromatic nitrogens is 2. The molecule has 0 aliphatic heterocycles. The van der Waals surface area contributed by atoms with Gasteiger partial charge >= 0.3 is 5.97 Å². The molecule has 0 spiro atoms. The summed E-state index contributed by atoms with van der Waals surface area (Å²) in [6.45, 7) is 4.01. The summed E-state index contributed by atoms with van der Waals surface area (Å²) in [4.78, 5) is 20.9. The minimum absolute atomic E-state index is 0.247. The van der Waals surface area contributed by atoms with Crippen LogP contribution in [0.5, 0.6) is 0 Å². The molecule has 3 rings (SSSR count). The summed E-state index contributed by atoms with van der Waals surface area (Å²) in [5.74, 6) is -0.643. The third kappa shape index (κ3) is 2.33. The van der Waals surface area contributed by atoms with Crippen LogP contribution < -0.4 is 0 Å². The van der Waals surface area contributed by atoms with Crippen molar-refractivity contribution in [1.82, 2.24) is 9.97 Å². The SMILES string of the molecule is CCOC(=O)[C@@H](C)c1nc2ccncc2c2ccccc12. The average molecular weight is 280 g/mol. The lowest BCUT2D eigenvalue weighted by Crippen LogP contribution is -2.14. The Hall–Kier alpha value is -2.49. The highest BCUT2D eigenvalue weighted by Gasteiger charge is 2.21. The average Bonchev–Trinajstić information content (AvgIpc) is 2.53. The van der Waals surface area contributed by atoms with Gasteiger partial charge in [-0.25, -0.2) is 0 Å². The Bertz CT molecular complexity index is 814.